The van der Waals surface area contributed by atoms with Gasteiger partial charge < -0.3 is 9.84 Å². The molecule has 1 aromatic carbocycles. The molecule has 1 aromatic rings. The van der Waals surface area contributed by atoms with Crippen molar-refractivity contribution in [1.29, 1.82) is 0 Å². The minimum atomic E-state index is -0.664. The van der Waals surface area contributed by atoms with Gasteiger partial charge in [0.25, 0.3) is 0 Å². The second-order valence-corrected chi connectivity index (χ2v) is 6.07. The van der Waals surface area contributed by atoms with Crippen molar-refractivity contribution in [3.05, 3.63) is 28.2 Å². The summed E-state index contributed by atoms with van der Waals surface area (Å²) in [4.78, 5) is 13.3. The lowest BCUT2D eigenvalue weighted by Gasteiger charge is -2.35. The number of aliphatic carboxylic acids is 1. The molecule has 1 aliphatic heterocycles. The molecule has 0 amide bonds. The zero-order chi connectivity index (χ0) is 14.7. The van der Waals surface area contributed by atoms with E-state index in [1.807, 2.05) is 12.1 Å². The van der Waals surface area contributed by atoms with Gasteiger partial charge in [-0.15, -0.1) is 0 Å². The van der Waals surface area contributed by atoms with E-state index in [4.69, 9.17) is 9.84 Å². The standard InChI is InChI=1S/C15H20BrNO3/c1-10(13-4-3-12(20-2)9-14(13)16)17-7-5-11(6-8-17)15(18)19/h3-4,9-11H,5-8H2,1-2H3,(H,18,19). The molecule has 0 aliphatic carbocycles. The zero-order valence-electron chi connectivity index (χ0n) is 11.8. The average Bonchev–Trinajstić information content (AvgIpc) is 2.46. The first-order valence-electron chi connectivity index (χ1n) is 6.83. The van der Waals surface area contributed by atoms with Crippen LogP contribution in [0, 0.1) is 5.92 Å². The number of halogens is 1. The van der Waals surface area contributed by atoms with Crippen molar-refractivity contribution in [3.8, 4) is 5.75 Å². The minimum absolute atomic E-state index is 0.183. The Morgan fingerprint density at radius 2 is 2.10 bits per heavy atom. The number of carbonyl (C=O) groups is 1. The fourth-order valence-electron chi connectivity index (χ4n) is 2.70. The lowest BCUT2D eigenvalue weighted by Crippen LogP contribution is -2.37. The number of benzene rings is 1. The first kappa shape index (κ1) is 15.3. The number of likely N-dealkylation sites (tertiary alicyclic amines) is 1. The molecule has 0 spiro atoms. The molecule has 20 heavy (non-hydrogen) atoms. The fraction of sp³-hybridized carbons (Fsp3) is 0.533. The predicted octanol–water partition coefficient (Wildman–Crippen LogP) is 3.32. The SMILES string of the molecule is COc1ccc(C(C)N2CCC(C(=O)O)CC2)c(Br)c1. The second-order valence-electron chi connectivity index (χ2n) is 5.21. The molecule has 0 bridgehead atoms. The van der Waals surface area contributed by atoms with Gasteiger partial charge in [-0.25, -0.2) is 0 Å². The van der Waals surface area contributed by atoms with E-state index in [0.717, 1.165) is 36.2 Å². The van der Waals surface area contributed by atoms with Gasteiger partial charge in [0, 0.05) is 10.5 Å². The van der Waals surface area contributed by atoms with E-state index in [-0.39, 0.29) is 12.0 Å². The second kappa shape index (κ2) is 6.59. The van der Waals surface area contributed by atoms with Crippen LogP contribution in [-0.4, -0.2) is 36.2 Å². The molecule has 1 aliphatic rings. The first-order chi connectivity index (χ1) is 9.52. The number of piperidine rings is 1. The van der Waals surface area contributed by atoms with Crippen LogP contribution in [0.5, 0.6) is 5.75 Å². The van der Waals surface area contributed by atoms with E-state index in [0.29, 0.717) is 0 Å². The number of hydrogen-bond donors (Lipinski definition) is 1. The van der Waals surface area contributed by atoms with Gasteiger partial charge in [0.1, 0.15) is 5.75 Å². The molecule has 1 saturated heterocycles. The number of methoxy groups -OCH3 is 1. The molecule has 1 unspecified atom stereocenters. The third kappa shape index (κ3) is 3.33. The van der Waals surface area contributed by atoms with Gasteiger partial charge in [-0.3, -0.25) is 9.69 Å². The van der Waals surface area contributed by atoms with Gasteiger partial charge in [0.2, 0.25) is 0 Å². The molecule has 1 N–H and O–H groups in total. The number of carboxylic acids is 1. The largest absolute Gasteiger partial charge is 0.497 e. The van der Waals surface area contributed by atoms with Gasteiger partial charge in [-0.1, -0.05) is 22.0 Å². The maximum atomic E-state index is 11.0. The minimum Gasteiger partial charge on any atom is -0.497 e. The Bertz CT molecular complexity index is 484. The average molecular weight is 342 g/mol. The first-order valence-corrected chi connectivity index (χ1v) is 7.62. The van der Waals surface area contributed by atoms with Gasteiger partial charge in [0.05, 0.1) is 13.0 Å². The summed E-state index contributed by atoms with van der Waals surface area (Å²) in [5, 5.41) is 9.04. The van der Waals surface area contributed by atoms with Crippen molar-refractivity contribution >= 4 is 21.9 Å². The molecule has 1 atom stereocenters. The Balaban J connectivity index is 2.05. The van der Waals surface area contributed by atoms with Crippen LogP contribution in [0.1, 0.15) is 31.4 Å². The highest BCUT2D eigenvalue weighted by Crippen LogP contribution is 2.33. The Labute approximate surface area is 127 Å². The summed E-state index contributed by atoms with van der Waals surface area (Å²) in [5.74, 6) is -0.0156. The zero-order valence-corrected chi connectivity index (χ0v) is 13.4. The number of rotatable bonds is 4. The molecule has 4 nitrogen and oxygen atoms in total. The van der Waals surface area contributed by atoms with E-state index in [9.17, 15) is 4.79 Å². The summed E-state index contributed by atoms with van der Waals surface area (Å²) in [7, 11) is 1.65. The van der Waals surface area contributed by atoms with Crippen molar-refractivity contribution in [2.45, 2.75) is 25.8 Å². The maximum Gasteiger partial charge on any atom is 0.306 e. The van der Waals surface area contributed by atoms with E-state index in [2.05, 4.69) is 33.8 Å². The molecular weight excluding hydrogens is 322 g/mol. The van der Waals surface area contributed by atoms with Crippen LogP contribution in [0.3, 0.4) is 0 Å². The molecule has 1 fully saturated rings. The fourth-order valence-corrected chi connectivity index (χ4v) is 3.39. The summed E-state index contributed by atoms with van der Waals surface area (Å²) >= 11 is 3.59. The molecule has 2 rings (SSSR count). The topological polar surface area (TPSA) is 49.8 Å². The van der Waals surface area contributed by atoms with Gasteiger partial charge in [0.15, 0.2) is 0 Å². The lowest BCUT2D eigenvalue weighted by molar-refractivity contribution is -0.143. The molecule has 0 radical (unpaired) electrons. The number of nitrogens with zero attached hydrogens (tertiary/aromatic N) is 1. The maximum absolute atomic E-state index is 11.0. The number of hydrogen-bond acceptors (Lipinski definition) is 3. The molecule has 110 valence electrons. The van der Waals surface area contributed by atoms with Crippen molar-refractivity contribution in [2.24, 2.45) is 5.92 Å². The van der Waals surface area contributed by atoms with E-state index in [1.54, 1.807) is 7.11 Å². The van der Waals surface area contributed by atoms with Crippen LogP contribution >= 0.6 is 15.9 Å². The third-order valence-corrected chi connectivity index (χ3v) is 4.77. The Morgan fingerprint density at radius 1 is 1.45 bits per heavy atom. The monoisotopic (exact) mass is 341 g/mol. The van der Waals surface area contributed by atoms with Crippen molar-refractivity contribution in [1.82, 2.24) is 4.90 Å². The molecule has 5 heteroatoms. The highest BCUT2D eigenvalue weighted by Gasteiger charge is 2.27. The predicted molar refractivity (Wildman–Crippen MR) is 81.0 cm³/mol. The van der Waals surface area contributed by atoms with E-state index < -0.39 is 5.97 Å². The molecule has 0 saturated carbocycles. The number of carboxylic acid groups (broad SMARTS) is 1. The van der Waals surface area contributed by atoms with Gasteiger partial charge in [-0.2, -0.15) is 0 Å². The van der Waals surface area contributed by atoms with Gasteiger partial charge >= 0.3 is 5.97 Å². The van der Waals surface area contributed by atoms with Crippen molar-refractivity contribution in [2.75, 3.05) is 20.2 Å². The molecule has 0 aromatic heterocycles. The molecule has 1 heterocycles. The Hall–Kier alpha value is -1.07. The summed E-state index contributed by atoms with van der Waals surface area (Å²) in [5.41, 5.74) is 1.21. The molecular formula is C15H20BrNO3. The van der Waals surface area contributed by atoms with Crippen LogP contribution in [0.15, 0.2) is 22.7 Å². The van der Waals surface area contributed by atoms with Crippen LogP contribution in [0.4, 0.5) is 0 Å². The lowest BCUT2D eigenvalue weighted by atomic mass is 9.95. The summed E-state index contributed by atoms with van der Waals surface area (Å²) in [6, 6.07) is 6.26. The Morgan fingerprint density at radius 3 is 2.60 bits per heavy atom. The summed E-state index contributed by atoms with van der Waals surface area (Å²) in [6.07, 6.45) is 1.46. The van der Waals surface area contributed by atoms with Crippen LogP contribution < -0.4 is 4.74 Å². The van der Waals surface area contributed by atoms with Gasteiger partial charge in [-0.05, 0) is 50.6 Å². The highest BCUT2D eigenvalue weighted by atomic mass is 79.9. The van der Waals surface area contributed by atoms with Crippen LogP contribution in [-0.2, 0) is 4.79 Å². The number of ether oxygens (including phenoxy) is 1. The third-order valence-electron chi connectivity index (χ3n) is 4.08. The van der Waals surface area contributed by atoms with E-state index in [1.165, 1.54) is 5.56 Å². The van der Waals surface area contributed by atoms with E-state index >= 15 is 0 Å². The summed E-state index contributed by atoms with van der Waals surface area (Å²) in [6.45, 7) is 3.82. The van der Waals surface area contributed by atoms with Crippen molar-refractivity contribution in [3.63, 3.8) is 0 Å². The highest BCUT2D eigenvalue weighted by molar-refractivity contribution is 9.10. The van der Waals surface area contributed by atoms with Crippen molar-refractivity contribution < 1.29 is 14.6 Å². The summed E-state index contributed by atoms with van der Waals surface area (Å²) < 4.78 is 6.24. The smallest absolute Gasteiger partial charge is 0.306 e. The normalized spacial score (nSPS) is 18.8. The van der Waals surface area contributed by atoms with Crippen LogP contribution in [0.2, 0.25) is 0 Å². The van der Waals surface area contributed by atoms with Crippen LogP contribution in [0.25, 0.3) is 0 Å². The Kier molecular flexibility index (Phi) is 5.05. The quantitative estimate of drug-likeness (QED) is 0.912.